The number of carbonyl (C=O) groups is 1. The Morgan fingerprint density at radius 1 is 1.67 bits per heavy atom. The van der Waals surface area contributed by atoms with Crippen molar-refractivity contribution in [3.05, 3.63) is 26.4 Å². The highest BCUT2D eigenvalue weighted by atomic mass is 79.9. The minimum Gasteiger partial charge on any atom is -0.465 e. The maximum absolute atomic E-state index is 13.9. The van der Waals surface area contributed by atoms with Crippen LogP contribution in [0.3, 0.4) is 0 Å². The Morgan fingerprint density at radius 3 is 2.90 bits per heavy atom. The van der Waals surface area contributed by atoms with Crippen molar-refractivity contribution >= 4 is 38.9 Å². The summed E-state index contributed by atoms with van der Waals surface area (Å²) in [6, 6.07) is 0. The summed E-state index contributed by atoms with van der Waals surface area (Å²) in [6.07, 6.45) is 4.82. The fraction of sp³-hybridized carbons (Fsp3) is 0.357. The van der Waals surface area contributed by atoms with Crippen LogP contribution in [0.1, 0.15) is 15.2 Å². The van der Waals surface area contributed by atoms with Crippen molar-refractivity contribution < 1.29 is 18.3 Å². The van der Waals surface area contributed by atoms with Crippen LogP contribution in [0.5, 0.6) is 0 Å². The number of hydrogen-bond acceptors (Lipinski definition) is 4. The molecule has 0 bridgehead atoms. The van der Waals surface area contributed by atoms with E-state index in [1.807, 2.05) is 0 Å². The second kappa shape index (κ2) is 5.78. The van der Waals surface area contributed by atoms with E-state index in [2.05, 4.69) is 28.4 Å². The molecule has 0 radical (unpaired) electrons. The second-order valence-electron chi connectivity index (χ2n) is 4.66. The van der Waals surface area contributed by atoms with Crippen LogP contribution in [-0.2, 0) is 11.2 Å². The number of rotatable bonds is 3. The lowest BCUT2D eigenvalue weighted by molar-refractivity contribution is 0.00565. The maximum Gasteiger partial charge on any atom is 0.350 e. The highest BCUT2D eigenvalue weighted by molar-refractivity contribution is 9.11. The van der Waals surface area contributed by atoms with Gasteiger partial charge >= 0.3 is 5.97 Å². The first-order chi connectivity index (χ1) is 9.79. The molecule has 21 heavy (non-hydrogen) atoms. The number of hydrogen-bond donors (Lipinski definition) is 0. The standard InChI is InChI=1S/C14H12BrF2NO2S/c1-4-8(2)6-18-7-14(16,17)5-9-10(18)11(13(19)20-3)21-12(9)15/h1H,2,5-7H2,3H3. The molecular weight excluding hydrogens is 364 g/mol. The van der Waals surface area contributed by atoms with Crippen molar-refractivity contribution in [1.29, 1.82) is 0 Å². The van der Waals surface area contributed by atoms with E-state index in [1.165, 1.54) is 12.0 Å². The summed E-state index contributed by atoms with van der Waals surface area (Å²) in [5, 5.41) is 0. The van der Waals surface area contributed by atoms with Crippen molar-refractivity contribution in [1.82, 2.24) is 0 Å². The van der Waals surface area contributed by atoms with Gasteiger partial charge < -0.3 is 9.64 Å². The van der Waals surface area contributed by atoms with Gasteiger partial charge in [0.2, 0.25) is 0 Å². The van der Waals surface area contributed by atoms with E-state index >= 15 is 0 Å². The largest absolute Gasteiger partial charge is 0.465 e. The van der Waals surface area contributed by atoms with Crippen LogP contribution in [0, 0.1) is 12.3 Å². The predicted molar refractivity (Wildman–Crippen MR) is 82.2 cm³/mol. The molecule has 0 saturated carbocycles. The number of halogens is 3. The van der Waals surface area contributed by atoms with Gasteiger partial charge in [-0.25, -0.2) is 13.6 Å². The third-order valence-corrected chi connectivity index (χ3v) is 5.01. The van der Waals surface area contributed by atoms with E-state index in [0.717, 1.165) is 11.3 Å². The van der Waals surface area contributed by atoms with E-state index in [-0.39, 0.29) is 6.54 Å². The fourth-order valence-corrected chi connectivity index (χ4v) is 4.03. The van der Waals surface area contributed by atoms with Gasteiger partial charge in [0.15, 0.2) is 0 Å². The predicted octanol–water partition coefficient (Wildman–Crippen LogP) is 3.48. The number of alkyl halides is 2. The normalized spacial score (nSPS) is 16.0. The molecular formula is C14H12BrF2NO2S. The van der Waals surface area contributed by atoms with Gasteiger partial charge in [-0.15, -0.1) is 17.8 Å². The molecule has 1 aromatic rings. The number of anilines is 1. The zero-order chi connectivity index (χ0) is 15.8. The summed E-state index contributed by atoms with van der Waals surface area (Å²) in [5.41, 5.74) is 1.24. The Kier molecular flexibility index (Phi) is 4.40. The van der Waals surface area contributed by atoms with E-state index < -0.39 is 24.9 Å². The molecule has 3 nitrogen and oxygen atoms in total. The van der Waals surface area contributed by atoms with Crippen LogP contribution in [0.25, 0.3) is 0 Å². The zero-order valence-corrected chi connectivity index (χ0v) is 13.6. The summed E-state index contributed by atoms with van der Waals surface area (Å²) in [7, 11) is 1.25. The van der Waals surface area contributed by atoms with Crippen molar-refractivity contribution in [2.75, 3.05) is 25.1 Å². The quantitative estimate of drug-likeness (QED) is 0.598. The van der Waals surface area contributed by atoms with Crippen molar-refractivity contribution in [3.8, 4) is 12.3 Å². The minimum atomic E-state index is -2.89. The molecule has 0 fully saturated rings. The molecule has 7 heteroatoms. The van der Waals surface area contributed by atoms with Gasteiger partial charge in [0.05, 0.1) is 29.7 Å². The second-order valence-corrected chi connectivity index (χ2v) is 7.00. The van der Waals surface area contributed by atoms with E-state index in [9.17, 15) is 13.6 Å². The third-order valence-electron chi connectivity index (χ3n) is 3.06. The number of carbonyl (C=O) groups excluding carboxylic acids is 1. The number of thiophene rings is 1. The fourth-order valence-electron chi connectivity index (χ4n) is 2.23. The van der Waals surface area contributed by atoms with Crippen LogP contribution >= 0.6 is 27.3 Å². The molecule has 0 atom stereocenters. The highest BCUT2D eigenvalue weighted by Gasteiger charge is 2.42. The van der Waals surface area contributed by atoms with E-state index in [1.54, 1.807) is 0 Å². The Labute approximate surface area is 133 Å². The molecule has 112 valence electrons. The SMILES string of the molecule is C#CC(=C)CN1CC(F)(F)Cc2c(Br)sc(C(=O)OC)c21. The van der Waals surface area contributed by atoms with E-state index in [4.69, 9.17) is 11.2 Å². The smallest absolute Gasteiger partial charge is 0.350 e. The molecule has 0 saturated heterocycles. The molecule has 2 heterocycles. The van der Waals surface area contributed by atoms with Crippen LogP contribution < -0.4 is 4.90 Å². The van der Waals surface area contributed by atoms with Gasteiger partial charge in [-0.05, 0) is 15.9 Å². The molecule has 1 aromatic heterocycles. The lowest BCUT2D eigenvalue weighted by atomic mass is 10.0. The molecule has 0 aromatic carbocycles. The highest BCUT2D eigenvalue weighted by Crippen LogP contribution is 2.46. The maximum atomic E-state index is 13.9. The van der Waals surface area contributed by atoms with Crippen molar-refractivity contribution in [2.45, 2.75) is 12.3 Å². The van der Waals surface area contributed by atoms with Gasteiger partial charge in [-0.3, -0.25) is 0 Å². The average molecular weight is 376 g/mol. The number of fused-ring (bicyclic) bond motifs is 1. The Hall–Kier alpha value is -1.39. The molecule has 2 rings (SSSR count). The first-order valence-corrected chi connectivity index (χ1v) is 7.56. The van der Waals surface area contributed by atoms with Gasteiger partial charge in [-0.1, -0.05) is 12.5 Å². The van der Waals surface area contributed by atoms with Crippen LogP contribution in [0.15, 0.2) is 15.9 Å². The Morgan fingerprint density at radius 2 is 2.33 bits per heavy atom. The molecule has 0 amide bonds. The number of nitrogens with zero attached hydrogens (tertiary/aromatic N) is 1. The average Bonchev–Trinajstić information content (AvgIpc) is 2.74. The topological polar surface area (TPSA) is 29.5 Å². The van der Waals surface area contributed by atoms with Gasteiger partial charge in [-0.2, -0.15) is 0 Å². The van der Waals surface area contributed by atoms with Crippen LogP contribution in [0.4, 0.5) is 14.5 Å². The molecule has 1 aliphatic heterocycles. The van der Waals surface area contributed by atoms with Crippen molar-refractivity contribution in [3.63, 3.8) is 0 Å². The third kappa shape index (κ3) is 3.11. The van der Waals surface area contributed by atoms with Gasteiger partial charge in [0.25, 0.3) is 5.92 Å². The number of esters is 1. The zero-order valence-electron chi connectivity index (χ0n) is 11.2. The summed E-state index contributed by atoms with van der Waals surface area (Å²) in [6.45, 7) is 3.21. The van der Waals surface area contributed by atoms with Crippen LogP contribution in [0.2, 0.25) is 0 Å². The lowest BCUT2D eigenvalue weighted by Gasteiger charge is -2.34. The lowest BCUT2D eigenvalue weighted by Crippen LogP contribution is -2.44. The molecule has 0 N–H and O–H groups in total. The Bertz CT molecular complexity index is 648. The first kappa shape index (κ1) is 16.0. The van der Waals surface area contributed by atoms with Gasteiger partial charge in [0, 0.05) is 17.6 Å². The number of terminal acetylenes is 1. The summed E-state index contributed by atoms with van der Waals surface area (Å²) >= 11 is 4.34. The van der Waals surface area contributed by atoms with E-state index in [0.29, 0.717) is 25.5 Å². The number of methoxy groups -OCH3 is 1. The monoisotopic (exact) mass is 375 g/mol. The van der Waals surface area contributed by atoms with Crippen molar-refractivity contribution in [2.24, 2.45) is 0 Å². The Balaban J connectivity index is 2.53. The van der Waals surface area contributed by atoms with Crippen LogP contribution in [-0.4, -0.2) is 32.1 Å². The molecule has 1 aliphatic rings. The van der Waals surface area contributed by atoms with Gasteiger partial charge in [0.1, 0.15) is 4.88 Å². The summed E-state index contributed by atoms with van der Waals surface area (Å²) in [4.78, 5) is 13.5. The summed E-state index contributed by atoms with van der Waals surface area (Å²) in [5.74, 6) is -1.11. The molecule has 0 spiro atoms. The molecule has 0 unspecified atom stereocenters. The first-order valence-electron chi connectivity index (χ1n) is 5.95. The minimum absolute atomic E-state index is 0.0757. The summed E-state index contributed by atoms with van der Waals surface area (Å²) < 4.78 is 33.0. The molecule has 0 aliphatic carbocycles. The number of ether oxygens (including phenoxy) is 1.